The van der Waals surface area contributed by atoms with Crippen molar-refractivity contribution in [3.8, 4) is 17.2 Å². The van der Waals surface area contributed by atoms with E-state index in [0.29, 0.717) is 17.2 Å². The Hall–Kier alpha value is -1.20. The molecular formula is C13H11Br2NO2. The first-order chi connectivity index (χ1) is 8.60. The fourth-order valence-corrected chi connectivity index (χ4v) is 2.34. The van der Waals surface area contributed by atoms with E-state index in [1.807, 2.05) is 30.3 Å². The Kier molecular flexibility index (Phi) is 4.14. The van der Waals surface area contributed by atoms with E-state index in [9.17, 15) is 0 Å². The van der Waals surface area contributed by atoms with Gasteiger partial charge in [0.2, 0.25) is 0 Å². The normalized spacial score (nSPS) is 10.2. The standard InChI is InChI=1S/C13H11Br2NO2/c1-17-12-6-11(15)13(7-10(12)14)18-9-4-2-3-8(16)5-9/h2-7H,16H2,1H3. The third-order valence-corrected chi connectivity index (χ3v) is 3.53. The van der Waals surface area contributed by atoms with Crippen molar-refractivity contribution in [2.75, 3.05) is 12.8 Å². The summed E-state index contributed by atoms with van der Waals surface area (Å²) < 4.78 is 12.6. The Labute approximate surface area is 122 Å². The lowest BCUT2D eigenvalue weighted by Crippen LogP contribution is -1.90. The molecule has 5 heteroatoms. The van der Waals surface area contributed by atoms with Crippen LogP contribution in [0.5, 0.6) is 17.2 Å². The number of benzene rings is 2. The van der Waals surface area contributed by atoms with Gasteiger partial charge in [-0.2, -0.15) is 0 Å². The van der Waals surface area contributed by atoms with Crippen molar-refractivity contribution in [1.29, 1.82) is 0 Å². The molecule has 2 N–H and O–H groups in total. The number of hydrogen-bond donors (Lipinski definition) is 1. The summed E-state index contributed by atoms with van der Waals surface area (Å²) in [5.74, 6) is 2.11. The summed E-state index contributed by atoms with van der Waals surface area (Å²) in [4.78, 5) is 0. The predicted octanol–water partition coefficient (Wildman–Crippen LogP) is 4.59. The maximum atomic E-state index is 5.76. The molecule has 2 aromatic carbocycles. The van der Waals surface area contributed by atoms with Crippen molar-refractivity contribution < 1.29 is 9.47 Å². The monoisotopic (exact) mass is 371 g/mol. The molecule has 0 aliphatic carbocycles. The molecule has 94 valence electrons. The first-order valence-corrected chi connectivity index (χ1v) is 6.75. The van der Waals surface area contributed by atoms with Gasteiger partial charge in [-0.1, -0.05) is 6.07 Å². The van der Waals surface area contributed by atoms with Crippen LogP contribution in [0.2, 0.25) is 0 Å². The van der Waals surface area contributed by atoms with Gasteiger partial charge < -0.3 is 15.2 Å². The molecule has 2 aromatic rings. The van der Waals surface area contributed by atoms with Crippen molar-refractivity contribution in [1.82, 2.24) is 0 Å². The van der Waals surface area contributed by atoms with E-state index >= 15 is 0 Å². The van der Waals surface area contributed by atoms with Crippen LogP contribution in [-0.4, -0.2) is 7.11 Å². The number of anilines is 1. The number of nitrogen functional groups attached to an aromatic ring is 1. The van der Waals surface area contributed by atoms with Crippen LogP contribution in [0.1, 0.15) is 0 Å². The molecule has 0 saturated carbocycles. The number of rotatable bonds is 3. The Morgan fingerprint density at radius 3 is 2.33 bits per heavy atom. The molecule has 0 heterocycles. The number of methoxy groups -OCH3 is 1. The fourth-order valence-electron chi connectivity index (χ4n) is 1.45. The first kappa shape index (κ1) is 13.2. The molecule has 0 aliphatic rings. The molecule has 0 radical (unpaired) electrons. The highest BCUT2D eigenvalue weighted by molar-refractivity contribution is 9.11. The average Bonchev–Trinajstić information content (AvgIpc) is 2.33. The Balaban J connectivity index is 2.32. The molecule has 0 fully saturated rings. The second-order valence-electron chi connectivity index (χ2n) is 3.59. The van der Waals surface area contributed by atoms with E-state index in [2.05, 4.69) is 31.9 Å². The lowest BCUT2D eigenvalue weighted by Gasteiger charge is -2.11. The van der Waals surface area contributed by atoms with Gasteiger partial charge in [0.15, 0.2) is 0 Å². The molecule has 0 aromatic heterocycles. The van der Waals surface area contributed by atoms with Crippen molar-refractivity contribution in [2.24, 2.45) is 0 Å². The summed E-state index contributed by atoms with van der Waals surface area (Å²) in [6.45, 7) is 0. The van der Waals surface area contributed by atoms with Crippen LogP contribution < -0.4 is 15.2 Å². The van der Waals surface area contributed by atoms with Gasteiger partial charge in [0.25, 0.3) is 0 Å². The predicted molar refractivity (Wildman–Crippen MR) is 79.3 cm³/mol. The molecule has 18 heavy (non-hydrogen) atoms. The molecule has 3 nitrogen and oxygen atoms in total. The minimum absolute atomic E-state index is 0.663. The van der Waals surface area contributed by atoms with Crippen molar-refractivity contribution >= 4 is 37.5 Å². The number of hydrogen-bond acceptors (Lipinski definition) is 3. The van der Waals surface area contributed by atoms with Crippen LogP contribution in [0.15, 0.2) is 45.3 Å². The number of halogens is 2. The lowest BCUT2D eigenvalue weighted by molar-refractivity contribution is 0.409. The zero-order valence-electron chi connectivity index (χ0n) is 9.61. The highest BCUT2D eigenvalue weighted by atomic mass is 79.9. The van der Waals surface area contributed by atoms with Crippen LogP contribution in [0, 0.1) is 0 Å². The SMILES string of the molecule is COc1cc(Br)c(Oc2cccc(N)c2)cc1Br. The Bertz CT molecular complexity index is 573. The Morgan fingerprint density at radius 2 is 1.67 bits per heavy atom. The molecule has 0 saturated heterocycles. The van der Waals surface area contributed by atoms with Gasteiger partial charge in [-0.25, -0.2) is 0 Å². The zero-order chi connectivity index (χ0) is 13.1. The van der Waals surface area contributed by atoms with E-state index in [4.69, 9.17) is 15.2 Å². The lowest BCUT2D eigenvalue weighted by atomic mass is 10.3. The zero-order valence-corrected chi connectivity index (χ0v) is 12.8. The molecule has 2 rings (SSSR count). The second kappa shape index (κ2) is 5.63. The summed E-state index contributed by atoms with van der Waals surface area (Å²) in [5.41, 5.74) is 6.37. The van der Waals surface area contributed by atoms with Crippen LogP contribution in [0.3, 0.4) is 0 Å². The quantitative estimate of drug-likeness (QED) is 0.801. The Morgan fingerprint density at radius 1 is 1.00 bits per heavy atom. The van der Waals surface area contributed by atoms with Gasteiger partial charge in [0.05, 0.1) is 16.1 Å². The molecule has 0 amide bonds. The molecular weight excluding hydrogens is 362 g/mol. The summed E-state index contributed by atoms with van der Waals surface area (Å²) in [7, 11) is 1.62. The topological polar surface area (TPSA) is 44.5 Å². The summed E-state index contributed by atoms with van der Waals surface area (Å²) in [6, 6.07) is 11.0. The fraction of sp³-hybridized carbons (Fsp3) is 0.0769. The van der Waals surface area contributed by atoms with Gasteiger partial charge in [0.1, 0.15) is 17.2 Å². The van der Waals surface area contributed by atoms with E-state index in [0.717, 1.165) is 14.7 Å². The number of ether oxygens (including phenoxy) is 2. The highest BCUT2D eigenvalue weighted by Crippen LogP contribution is 2.38. The third kappa shape index (κ3) is 2.97. The highest BCUT2D eigenvalue weighted by Gasteiger charge is 2.09. The van der Waals surface area contributed by atoms with Gasteiger partial charge in [-0.3, -0.25) is 0 Å². The van der Waals surface area contributed by atoms with E-state index in [-0.39, 0.29) is 0 Å². The minimum Gasteiger partial charge on any atom is -0.496 e. The van der Waals surface area contributed by atoms with Crippen molar-refractivity contribution in [3.05, 3.63) is 45.3 Å². The minimum atomic E-state index is 0.663. The van der Waals surface area contributed by atoms with Crippen LogP contribution in [0.4, 0.5) is 5.69 Å². The van der Waals surface area contributed by atoms with Gasteiger partial charge in [0, 0.05) is 11.8 Å². The van der Waals surface area contributed by atoms with E-state index in [1.165, 1.54) is 0 Å². The van der Waals surface area contributed by atoms with Gasteiger partial charge in [-0.05, 0) is 56.1 Å². The van der Waals surface area contributed by atoms with Gasteiger partial charge in [-0.15, -0.1) is 0 Å². The van der Waals surface area contributed by atoms with Crippen LogP contribution in [0.25, 0.3) is 0 Å². The van der Waals surface area contributed by atoms with Crippen molar-refractivity contribution in [3.63, 3.8) is 0 Å². The maximum Gasteiger partial charge on any atom is 0.143 e. The first-order valence-electron chi connectivity index (χ1n) is 5.16. The maximum absolute atomic E-state index is 5.76. The smallest absolute Gasteiger partial charge is 0.143 e. The van der Waals surface area contributed by atoms with Gasteiger partial charge >= 0.3 is 0 Å². The third-order valence-electron chi connectivity index (χ3n) is 2.29. The van der Waals surface area contributed by atoms with Crippen LogP contribution >= 0.6 is 31.9 Å². The van der Waals surface area contributed by atoms with Crippen LogP contribution in [-0.2, 0) is 0 Å². The summed E-state index contributed by atoms with van der Waals surface area (Å²) in [5, 5.41) is 0. The van der Waals surface area contributed by atoms with E-state index < -0.39 is 0 Å². The largest absolute Gasteiger partial charge is 0.496 e. The summed E-state index contributed by atoms with van der Waals surface area (Å²) >= 11 is 6.86. The molecule has 0 aliphatic heterocycles. The molecule has 0 unspecified atom stereocenters. The van der Waals surface area contributed by atoms with E-state index in [1.54, 1.807) is 13.2 Å². The van der Waals surface area contributed by atoms with Crippen molar-refractivity contribution in [2.45, 2.75) is 0 Å². The number of nitrogens with two attached hydrogens (primary N) is 1. The second-order valence-corrected chi connectivity index (χ2v) is 5.30. The molecule has 0 spiro atoms. The summed E-state index contributed by atoms with van der Waals surface area (Å²) in [6.07, 6.45) is 0. The average molecular weight is 373 g/mol. The molecule has 0 bridgehead atoms. The molecule has 0 atom stereocenters.